The fourth-order valence-corrected chi connectivity index (χ4v) is 3.83. The monoisotopic (exact) mass is 387 g/mol. The maximum absolute atomic E-state index is 13.4. The molecule has 6 nitrogen and oxygen atoms in total. The molecule has 0 unspecified atom stereocenters. The maximum atomic E-state index is 13.4. The van der Waals surface area contributed by atoms with Crippen LogP contribution in [-0.4, -0.2) is 35.9 Å². The molecule has 1 N–H and O–H groups in total. The first-order chi connectivity index (χ1) is 14.1. The standard InChI is InChI=1S/C23H21N3O3/c1-26-21(15-9-11-17(29-2)12-10-15)20(18-7-3-4-8-19(18)23(26)28)22(27)25-16-6-5-13-24-14-16/h3-14,20-21H,1-2H3,(H,25,27)/t20-,21+/m0/s1. The predicted molar refractivity (Wildman–Crippen MR) is 110 cm³/mol. The van der Waals surface area contributed by atoms with Crippen LogP contribution in [0.15, 0.2) is 73.1 Å². The molecule has 0 spiro atoms. The van der Waals surface area contributed by atoms with E-state index in [1.54, 1.807) is 49.7 Å². The van der Waals surface area contributed by atoms with Crippen LogP contribution in [0, 0.1) is 0 Å². The largest absolute Gasteiger partial charge is 0.497 e. The number of aromatic nitrogens is 1. The SMILES string of the molecule is COc1ccc([C@@H]2[C@@H](C(=O)Nc3cccnc3)c3ccccc3C(=O)N2C)cc1. The second kappa shape index (κ2) is 7.75. The van der Waals surface area contributed by atoms with Crippen molar-refractivity contribution in [1.82, 2.24) is 9.88 Å². The molecule has 2 amide bonds. The van der Waals surface area contributed by atoms with Crippen molar-refractivity contribution in [3.63, 3.8) is 0 Å². The van der Waals surface area contributed by atoms with E-state index in [4.69, 9.17) is 4.74 Å². The number of fused-ring (bicyclic) bond motifs is 1. The van der Waals surface area contributed by atoms with Crippen molar-refractivity contribution < 1.29 is 14.3 Å². The fraction of sp³-hybridized carbons (Fsp3) is 0.174. The number of pyridine rings is 1. The highest BCUT2D eigenvalue weighted by molar-refractivity contribution is 6.04. The minimum absolute atomic E-state index is 0.105. The van der Waals surface area contributed by atoms with Gasteiger partial charge in [0.25, 0.3) is 5.91 Å². The molecule has 0 bridgehead atoms. The van der Waals surface area contributed by atoms with E-state index in [1.165, 1.54) is 0 Å². The van der Waals surface area contributed by atoms with E-state index in [-0.39, 0.29) is 11.8 Å². The summed E-state index contributed by atoms with van der Waals surface area (Å²) in [6.07, 6.45) is 3.25. The number of hydrogen-bond donors (Lipinski definition) is 1. The van der Waals surface area contributed by atoms with E-state index >= 15 is 0 Å². The molecule has 6 heteroatoms. The molecule has 1 aliphatic heterocycles. The summed E-state index contributed by atoms with van der Waals surface area (Å²) in [5, 5.41) is 2.95. The zero-order valence-corrected chi connectivity index (χ0v) is 16.2. The highest BCUT2D eigenvalue weighted by atomic mass is 16.5. The van der Waals surface area contributed by atoms with Crippen molar-refractivity contribution >= 4 is 17.5 Å². The van der Waals surface area contributed by atoms with Crippen LogP contribution < -0.4 is 10.1 Å². The third-order valence-corrected chi connectivity index (χ3v) is 5.25. The average molecular weight is 387 g/mol. The van der Waals surface area contributed by atoms with Gasteiger partial charge in [-0.2, -0.15) is 0 Å². The van der Waals surface area contributed by atoms with Gasteiger partial charge in [-0.25, -0.2) is 0 Å². The summed E-state index contributed by atoms with van der Waals surface area (Å²) in [6.45, 7) is 0. The van der Waals surface area contributed by atoms with Gasteiger partial charge in [-0.05, 0) is 41.5 Å². The van der Waals surface area contributed by atoms with Crippen LogP contribution in [0.4, 0.5) is 5.69 Å². The summed E-state index contributed by atoms with van der Waals surface area (Å²) in [5.74, 6) is -0.143. The number of nitrogens with zero attached hydrogens (tertiary/aromatic N) is 2. The van der Waals surface area contributed by atoms with Gasteiger partial charge in [-0.15, -0.1) is 0 Å². The van der Waals surface area contributed by atoms with E-state index in [0.717, 1.165) is 16.9 Å². The predicted octanol–water partition coefficient (Wildman–Crippen LogP) is 3.64. The average Bonchev–Trinajstić information content (AvgIpc) is 2.77. The number of rotatable bonds is 4. The van der Waals surface area contributed by atoms with Crippen LogP contribution in [0.3, 0.4) is 0 Å². The zero-order chi connectivity index (χ0) is 20.4. The molecule has 0 saturated heterocycles. The number of ether oxygens (including phenoxy) is 1. The smallest absolute Gasteiger partial charge is 0.254 e. The van der Waals surface area contributed by atoms with Crippen molar-refractivity contribution in [1.29, 1.82) is 0 Å². The number of likely N-dealkylation sites (N-methyl/N-ethyl adjacent to an activating group) is 1. The molecule has 2 aromatic carbocycles. The Morgan fingerprint density at radius 1 is 1.07 bits per heavy atom. The quantitative estimate of drug-likeness (QED) is 0.742. The van der Waals surface area contributed by atoms with Crippen molar-refractivity contribution in [3.05, 3.63) is 89.7 Å². The first-order valence-corrected chi connectivity index (χ1v) is 9.31. The Kier molecular flexibility index (Phi) is 4.99. The number of benzene rings is 2. The van der Waals surface area contributed by atoms with Gasteiger partial charge >= 0.3 is 0 Å². The van der Waals surface area contributed by atoms with Crippen LogP contribution in [0.2, 0.25) is 0 Å². The second-order valence-electron chi connectivity index (χ2n) is 6.93. The Balaban J connectivity index is 1.80. The lowest BCUT2D eigenvalue weighted by molar-refractivity contribution is -0.119. The minimum Gasteiger partial charge on any atom is -0.497 e. The van der Waals surface area contributed by atoms with Crippen LogP contribution in [0.25, 0.3) is 0 Å². The second-order valence-corrected chi connectivity index (χ2v) is 6.93. The van der Waals surface area contributed by atoms with E-state index in [0.29, 0.717) is 11.3 Å². The van der Waals surface area contributed by atoms with Gasteiger partial charge in [0.2, 0.25) is 5.91 Å². The van der Waals surface area contributed by atoms with Gasteiger partial charge < -0.3 is 15.0 Å². The van der Waals surface area contributed by atoms with Crippen molar-refractivity contribution in [2.45, 2.75) is 12.0 Å². The van der Waals surface area contributed by atoms with Crippen molar-refractivity contribution in [2.75, 3.05) is 19.5 Å². The van der Waals surface area contributed by atoms with Crippen LogP contribution in [0.1, 0.15) is 33.4 Å². The molecule has 2 heterocycles. The lowest BCUT2D eigenvalue weighted by atomic mass is 9.79. The Labute approximate surface area is 169 Å². The molecule has 3 aromatic rings. The Morgan fingerprint density at radius 2 is 1.83 bits per heavy atom. The number of carbonyl (C=O) groups excluding carboxylic acids is 2. The molecule has 146 valence electrons. The number of methoxy groups -OCH3 is 1. The third-order valence-electron chi connectivity index (χ3n) is 5.25. The zero-order valence-electron chi connectivity index (χ0n) is 16.2. The Morgan fingerprint density at radius 3 is 2.52 bits per heavy atom. The molecule has 29 heavy (non-hydrogen) atoms. The van der Waals surface area contributed by atoms with Gasteiger partial charge in [0.1, 0.15) is 5.75 Å². The normalized spacial score (nSPS) is 18.1. The topological polar surface area (TPSA) is 71.5 Å². The van der Waals surface area contributed by atoms with E-state index < -0.39 is 12.0 Å². The number of nitrogens with one attached hydrogen (secondary N) is 1. The third kappa shape index (κ3) is 3.45. The summed E-state index contributed by atoms with van der Waals surface area (Å²) in [7, 11) is 3.34. The first-order valence-electron chi connectivity index (χ1n) is 9.31. The molecule has 0 fully saturated rings. The summed E-state index contributed by atoms with van der Waals surface area (Å²) < 4.78 is 5.25. The fourth-order valence-electron chi connectivity index (χ4n) is 3.83. The molecule has 1 aliphatic rings. The van der Waals surface area contributed by atoms with Crippen LogP contribution in [0.5, 0.6) is 5.75 Å². The highest BCUT2D eigenvalue weighted by Crippen LogP contribution is 2.42. The van der Waals surface area contributed by atoms with Gasteiger partial charge in [-0.1, -0.05) is 30.3 Å². The van der Waals surface area contributed by atoms with E-state index in [2.05, 4.69) is 10.3 Å². The number of anilines is 1. The van der Waals surface area contributed by atoms with Crippen molar-refractivity contribution in [2.24, 2.45) is 0 Å². The lowest BCUT2D eigenvalue weighted by Gasteiger charge is -2.39. The Hall–Kier alpha value is -3.67. The highest BCUT2D eigenvalue weighted by Gasteiger charge is 2.42. The Bertz CT molecular complexity index is 1030. The minimum atomic E-state index is -0.567. The van der Waals surface area contributed by atoms with Gasteiger partial charge in [0.05, 0.1) is 31.0 Å². The molecular weight excluding hydrogens is 366 g/mol. The van der Waals surface area contributed by atoms with Crippen LogP contribution >= 0.6 is 0 Å². The molecular formula is C23H21N3O3. The molecule has 0 aliphatic carbocycles. The van der Waals surface area contributed by atoms with Gasteiger partial charge in [-0.3, -0.25) is 14.6 Å². The molecule has 1 aromatic heterocycles. The lowest BCUT2D eigenvalue weighted by Crippen LogP contribution is -2.44. The molecule has 2 atom stereocenters. The first kappa shape index (κ1) is 18.7. The summed E-state index contributed by atoms with van der Waals surface area (Å²) in [6, 6.07) is 17.9. The number of amides is 2. The van der Waals surface area contributed by atoms with Crippen LogP contribution in [-0.2, 0) is 4.79 Å². The molecule has 0 saturated carbocycles. The van der Waals surface area contributed by atoms with Gasteiger partial charge in [0, 0.05) is 18.8 Å². The number of hydrogen-bond acceptors (Lipinski definition) is 4. The summed E-state index contributed by atoms with van der Waals surface area (Å²) in [5.41, 5.74) is 2.74. The summed E-state index contributed by atoms with van der Waals surface area (Å²) in [4.78, 5) is 32.1. The molecule has 4 rings (SSSR count). The summed E-state index contributed by atoms with van der Waals surface area (Å²) >= 11 is 0. The van der Waals surface area contributed by atoms with E-state index in [1.807, 2.05) is 42.5 Å². The van der Waals surface area contributed by atoms with E-state index in [9.17, 15) is 9.59 Å². The van der Waals surface area contributed by atoms with Gasteiger partial charge in [0.15, 0.2) is 0 Å². The van der Waals surface area contributed by atoms with Crippen molar-refractivity contribution in [3.8, 4) is 5.75 Å². The maximum Gasteiger partial charge on any atom is 0.254 e. The molecule has 0 radical (unpaired) electrons. The number of carbonyl (C=O) groups is 2.